The molecule has 0 aliphatic carbocycles. The van der Waals surface area contributed by atoms with Gasteiger partial charge in [0, 0.05) is 28.7 Å². The first-order valence-corrected chi connectivity index (χ1v) is 9.11. The van der Waals surface area contributed by atoms with Crippen LogP contribution in [0.4, 0.5) is 0 Å². The SMILES string of the molecule is O=C(NC[C@H]1CCCO1)c1ccccc1Sc1ccc(Br)cn1. The number of halogens is 1. The van der Waals surface area contributed by atoms with Gasteiger partial charge in [0.05, 0.1) is 11.7 Å². The molecule has 6 heteroatoms. The van der Waals surface area contributed by atoms with E-state index in [1.54, 1.807) is 6.20 Å². The quantitative estimate of drug-likeness (QED) is 0.837. The van der Waals surface area contributed by atoms with E-state index in [1.165, 1.54) is 11.8 Å². The number of pyridine rings is 1. The Morgan fingerprint density at radius 2 is 2.22 bits per heavy atom. The van der Waals surface area contributed by atoms with Gasteiger partial charge >= 0.3 is 0 Å². The number of rotatable bonds is 5. The number of hydrogen-bond donors (Lipinski definition) is 1. The van der Waals surface area contributed by atoms with Crippen LogP contribution in [0.1, 0.15) is 23.2 Å². The maximum atomic E-state index is 12.5. The Morgan fingerprint density at radius 3 is 2.96 bits per heavy atom. The van der Waals surface area contributed by atoms with Crippen molar-refractivity contribution in [1.82, 2.24) is 10.3 Å². The molecule has 23 heavy (non-hydrogen) atoms. The lowest BCUT2D eigenvalue weighted by atomic mass is 10.2. The Bertz CT molecular complexity index is 673. The first kappa shape index (κ1) is 16.5. The fourth-order valence-corrected chi connectivity index (χ4v) is 3.50. The normalized spacial score (nSPS) is 17.2. The summed E-state index contributed by atoms with van der Waals surface area (Å²) in [5, 5.41) is 3.83. The lowest BCUT2D eigenvalue weighted by Crippen LogP contribution is -2.32. The fraction of sp³-hybridized carbons (Fsp3) is 0.294. The van der Waals surface area contributed by atoms with Crippen LogP contribution in [0.15, 0.2) is 57.0 Å². The summed E-state index contributed by atoms with van der Waals surface area (Å²) in [6, 6.07) is 11.4. The second-order valence-electron chi connectivity index (χ2n) is 5.26. The number of hydrogen-bond acceptors (Lipinski definition) is 4. The summed E-state index contributed by atoms with van der Waals surface area (Å²) in [7, 11) is 0. The Labute approximate surface area is 148 Å². The van der Waals surface area contributed by atoms with Gasteiger partial charge in [-0.3, -0.25) is 4.79 Å². The monoisotopic (exact) mass is 392 g/mol. The van der Waals surface area contributed by atoms with E-state index in [-0.39, 0.29) is 12.0 Å². The van der Waals surface area contributed by atoms with Crippen LogP contribution >= 0.6 is 27.7 Å². The van der Waals surface area contributed by atoms with E-state index < -0.39 is 0 Å². The summed E-state index contributed by atoms with van der Waals surface area (Å²) < 4.78 is 6.48. The summed E-state index contributed by atoms with van der Waals surface area (Å²) in [6.07, 6.45) is 3.98. The number of nitrogens with one attached hydrogen (secondary N) is 1. The van der Waals surface area contributed by atoms with Crippen LogP contribution in [-0.2, 0) is 4.74 Å². The molecule has 4 nitrogen and oxygen atoms in total. The largest absolute Gasteiger partial charge is 0.376 e. The number of ether oxygens (including phenoxy) is 1. The number of carbonyl (C=O) groups is 1. The van der Waals surface area contributed by atoms with E-state index in [0.717, 1.165) is 33.8 Å². The molecule has 0 radical (unpaired) electrons. The lowest BCUT2D eigenvalue weighted by molar-refractivity contribution is 0.0855. The highest BCUT2D eigenvalue weighted by Gasteiger charge is 2.18. The molecule has 0 saturated carbocycles. The van der Waals surface area contributed by atoms with Crippen molar-refractivity contribution in [3.63, 3.8) is 0 Å². The van der Waals surface area contributed by atoms with Crippen molar-refractivity contribution in [2.45, 2.75) is 28.9 Å². The van der Waals surface area contributed by atoms with Crippen molar-refractivity contribution in [1.29, 1.82) is 0 Å². The molecule has 120 valence electrons. The summed E-state index contributed by atoms with van der Waals surface area (Å²) in [6.45, 7) is 1.36. The van der Waals surface area contributed by atoms with Gasteiger partial charge in [-0.15, -0.1) is 0 Å². The molecule has 1 amide bonds. The van der Waals surface area contributed by atoms with Crippen LogP contribution < -0.4 is 5.32 Å². The number of carbonyl (C=O) groups excluding carboxylic acids is 1. The molecular formula is C17H17BrN2O2S. The van der Waals surface area contributed by atoms with Crippen molar-refractivity contribution >= 4 is 33.6 Å². The van der Waals surface area contributed by atoms with Gasteiger partial charge in [-0.05, 0) is 53.0 Å². The molecule has 2 heterocycles. The lowest BCUT2D eigenvalue weighted by Gasteiger charge is -2.12. The molecule has 1 aromatic carbocycles. The zero-order valence-electron chi connectivity index (χ0n) is 12.5. The molecular weight excluding hydrogens is 376 g/mol. The molecule has 1 atom stereocenters. The Hall–Kier alpha value is -1.37. The van der Waals surface area contributed by atoms with Gasteiger partial charge in [0.1, 0.15) is 5.03 Å². The number of benzene rings is 1. The predicted molar refractivity (Wildman–Crippen MR) is 93.8 cm³/mol. The van der Waals surface area contributed by atoms with Gasteiger partial charge in [-0.25, -0.2) is 4.98 Å². The van der Waals surface area contributed by atoms with Crippen molar-refractivity contribution < 1.29 is 9.53 Å². The second-order valence-corrected chi connectivity index (χ2v) is 7.24. The van der Waals surface area contributed by atoms with Gasteiger partial charge in [0.25, 0.3) is 5.91 Å². The number of aromatic nitrogens is 1. The topological polar surface area (TPSA) is 51.2 Å². The highest BCUT2D eigenvalue weighted by atomic mass is 79.9. The smallest absolute Gasteiger partial charge is 0.252 e. The van der Waals surface area contributed by atoms with E-state index in [9.17, 15) is 4.79 Å². The summed E-state index contributed by atoms with van der Waals surface area (Å²) in [5.74, 6) is -0.0688. The molecule has 1 aliphatic rings. The van der Waals surface area contributed by atoms with E-state index in [0.29, 0.717) is 12.1 Å². The summed E-state index contributed by atoms with van der Waals surface area (Å²) in [4.78, 5) is 17.7. The minimum absolute atomic E-state index is 0.0688. The molecule has 0 bridgehead atoms. The van der Waals surface area contributed by atoms with Crippen LogP contribution in [0.2, 0.25) is 0 Å². The molecule has 0 unspecified atom stereocenters. The summed E-state index contributed by atoms with van der Waals surface area (Å²) in [5.41, 5.74) is 0.667. The molecule has 3 rings (SSSR count). The Morgan fingerprint density at radius 1 is 1.35 bits per heavy atom. The zero-order chi connectivity index (χ0) is 16.1. The minimum atomic E-state index is -0.0688. The van der Waals surface area contributed by atoms with Crippen LogP contribution in [0, 0.1) is 0 Å². The van der Waals surface area contributed by atoms with E-state index in [4.69, 9.17) is 4.74 Å². The first-order valence-electron chi connectivity index (χ1n) is 7.50. The predicted octanol–water partition coefficient (Wildman–Crippen LogP) is 3.90. The van der Waals surface area contributed by atoms with Crippen molar-refractivity contribution in [3.05, 3.63) is 52.6 Å². The molecule has 0 spiro atoms. The van der Waals surface area contributed by atoms with Crippen LogP contribution in [-0.4, -0.2) is 30.1 Å². The molecule has 1 saturated heterocycles. The molecule has 1 aliphatic heterocycles. The Kier molecular flexibility index (Phi) is 5.70. The highest BCUT2D eigenvalue weighted by Crippen LogP contribution is 2.29. The van der Waals surface area contributed by atoms with Crippen LogP contribution in [0.3, 0.4) is 0 Å². The van der Waals surface area contributed by atoms with Crippen molar-refractivity contribution in [2.75, 3.05) is 13.2 Å². The third-order valence-corrected chi connectivity index (χ3v) is 5.06. The van der Waals surface area contributed by atoms with E-state index >= 15 is 0 Å². The van der Waals surface area contributed by atoms with Gasteiger partial charge in [-0.1, -0.05) is 23.9 Å². The highest BCUT2D eigenvalue weighted by molar-refractivity contribution is 9.10. The standard InChI is InChI=1S/C17H17BrN2O2S/c18-12-7-8-16(19-10-12)23-15-6-2-1-5-14(15)17(21)20-11-13-4-3-9-22-13/h1-2,5-8,10,13H,3-4,9,11H2,(H,20,21)/t13-/m1/s1. The van der Waals surface area contributed by atoms with Gasteiger partial charge in [0.2, 0.25) is 0 Å². The van der Waals surface area contributed by atoms with Crippen LogP contribution in [0.25, 0.3) is 0 Å². The molecule has 1 aromatic heterocycles. The fourth-order valence-electron chi connectivity index (χ4n) is 2.39. The molecule has 1 fully saturated rings. The van der Waals surface area contributed by atoms with Crippen molar-refractivity contribution in [2.24, 2.45) is 0 Å². The molecule has 2 aromatic rings. The average Bonchev–Trinajstić information content (AvgIpc) is 3.09. The third-order valence-electron chi connectivity index (χ3n) is 3.56. The Balaban J connectivity index is 1.69. The number of amides is 1. The third kappa shape index (κ3) is 4.56. The van der Waals surface area contributed by atoms with Gasteiger partial charge in [-0.2, -0.15) is 0 Å². The van der Waals surface area contributed by atoms with E-state index in [2.05, 4.69) is 26.2 Å². The first-order chi connectivity index (χ1) is 11.2. The minimum Gasteiger partial charge on any atom is -0.376 e. The van der Waals surface area contributed by atoms with Gasteiger partial charge in [0.15, 0.2) is 0 Å². The second kappa shape index (κ2) is 7.95. The average molecular weight is 393 g/mol. The maximum Gasteiger partial charge on any atom is 0.252 e. The summed E-state index contributed by atoms with van der Waals surface area (Å²) >= 11 is 4.86. The van der Waals surface area contributed by atoms with Gasteiger partial charge < -0.3 is 10.1 Å². The van der Waals surface area contributed by atoms with Crippen LogP contribution in [0.5, 0.6) is 0 Å². The van der Waals surface area contributed by atoms with Crippen molar-refractivity contribution in [3.8, 4) is 0 Å². The molecule has 1 N–H and O–H groups in total. The number of nitrogens with zero attached hydrogens (tertiary/aromatic N) is 1. The zero-order valence-corrected chi connectivity index (χ0v) is 14.9. The van der Waals surface area contributed by atoms with E-state index in [1.807, 2.05) is 36.4 Å². The maximum absolute atomic E-state index is 12.5.